The molecule has 0 saturated carbocycles. The van der Waals surface area contributed by atoms with E-state index in [2.05, 4.69) is 10.2 Å². The molecular formula is C18H21FN2O2. The summed E-state index contributed by atoms with van der Waals surface area (Å²) in [6.45, 7) is 0.392. The number of likely N-dealkylation sites (N-methyl/N-ethyl adjacent to an activating group) is 1. The normalized spacial score (nSPS) is 12.0. The van der Waals surface area contributed by atoms with E-state index in [4.69, 9.17) is 4.74 Å². The average molecular weight is 316 g/mol. The molecule has 23 heavy (non-hydrogen) atoms. The molecule has 5 heteroatoms. The van der Waals surface area contributed by atoms with E-state index in [0.29, 0.717) is 12.3 Å². The Kier molecular flexibility index (Phi) is 6.11. The van der Waals surface area contributed by atoms with Crippen molar-refractivity contribution in [2.45, 2.75) is 6.04 Å². The number of hydrogen-bond donors (Lipinski definition) is 1. The van der Waals surface area contributed by atoms with Crippen molar-refractivity contribution in [1.82, 2.24) is 10.2 Å². The van der Waals surface area contributed by atoms with E-state index in [0.717, 1.165) is 5.56 Å². The first-order valence-electron chi connectivity index (χ1n) is 7.42. The number of carbonyl (C=O) groups excluding carboxylic acids is 1. The first kappa shape index (κ1) is 17.0. The first-order valence-corrected chi connectivity index (χ1v) is 7.42. The van der Waals surface area contributed by atoms with E-state index in [9.17, 15) is 9.18 Å². The van der Waals surface area contributed by atoms with Crippen LogP contribution in [0.15, 0.2) is 54.6 Å². The van der Waals surface area contributed by atoms with Gasteiger partial charge < -0.3 is 15.0 Å². The quantitative estimate of drug-likeness (QED) is 0.854. The minimum absolute atomic E-state index is 0.0889. The minimum Gasteiger partial charge on any atom is -0.484 e. The Morgan fingerprint density at radius 2 is 1.78 bits per heavy atom. The SMILES string of the molecule is CN(C)C(CNC(=O)COc1ccc(F)cc1)c1ccccc1. The lowest BCUT2D eigenvalue weighted by molar-refractivity contribution is -0.123. The van der Waals surface area contributed by atoms with E-state index in [1.54, 1.807) is 0 Å². The van der Waals surface area contributed by atoms with Crippen LogP contribution < -0.4 is 10.1 Å². The van der Waals surface area contributed by atoms with Gasteiger partial charge in [-0.2, -0.15) is 0 Å². The summed E-state index contributed by atoms with van der Waals surface area (Å²) in [7, 11) is 3.94. The maximum absolute atomic E-state index is 12.8. The third-order valence-electron chi connectivity index (χ3n) is 3.48. The third kappa shape index (κ3) is 5.38. The summed E-state index contributed by atoms with van der Waals surface area (Å²) < 4.78 is 18.1. The number of nitrogens with one attached hydrogen (secondary N) is 1. The van der Waals surface area contributed by atoms with E-state index in [1.807, 2.05) is 44.4 Å². The van der Waals surface area contributed by atoms with Gasteiger partial charge in [0.15, 0.2) is 6.61 Å². The number of rotatable bonds is 7. The summed E-state index contributed by atoms with van der Waals surface area (Å²) in [5, 5.41) is 2.86. The van der Waals surface area contributed by atoms with Gasteiger partial charge in [-0.15, -0.1) is 0 Å². The van der Waals surface area contributed by atoms with E-state index < -0.39 is 0 Å². The molecule has 0 aliphatic rings. The van der Waals surface area contributed by atoms with Gasteiger partial charge >= 0.3 is 0 Å². The number of benzene rings is 2. The summed E-state index contributed by atoms with van der Waals surface area (Å²) >= 11 is 0. The van der Waals surface area contributed by atoms with Crippen LogP contribution >= 0.6 is 0 Å². The highest BCUT2D eigenvalue weighted by Gasteiger charge is 2.15. The lowest BCUT2D eigenvalue weighted by atomic mass is 10.1. The van der Waals surface area contributed by atoms with Crippen LogP contribution in [0.4, 0.5) is 4.39 Å². The minimum atomic E-state index is -0.335. The smallest absolute Gasteiger partial charge is 0.258 e. The number of carbonyl (C=O) groups is 1. The van der Waals surface area contributed by atoms with Gasteiger partial charge in [0.1, 0.15) is 11.6 Å². The van der Waals surface area contributed by atoms with Crippen molar-refractivity contribution >= 4 is 5.91 Å². The van der Waals surface area contributed by atoms with Crippen molar-refractivity contribution < 1.29 is 13.9 Å². The topological polar surface area (TPSA) is 41.6 Å². The van der Waals surface area contributed by atoms with Crippen LogP contribution in [0.1, 0.15) is 11.6 Å². The van der Waals surface area contributed by atoms with Gasteiger partial charge in [0.25, 0.3) is 5.91 Å². The summed E-state index contributed by atoms with van der Waals surface area (Å²) in [5.74, 6) is -0.0793. The van der Waals surface area contributed by atoms with Crippen LogP contribution in [0.25, 0.3) is 0 Å². The fourth-order valence-electron chi connectivity index (χ4n) is 2.21. The molecule has 1 atom stereocenters. The van der Waals surface area contributed by atoms with Gasteiger partial charge in [-0.05, 0) is 43.9 Å². The number of amides is 1. The number of halogens is 1. The molecule has 1 amide bonds. The lowest BCUT2D eigenvalue weighted by Gasteiger charge is -2.25. The second-order valence-corrected chi connectivity index (χ2v) is 5.44. The van der Waals surface area contributed by atoms with Gasteiger partial charge in [-0.25, -0.2) is 4.39 Å². The highest BCUT2D eigenvalue weighted by Crippen LogP contribution is 2.16. The van der Waals surface area contributed by atoms with Crippen molar-refractivity contribution in [2.24, 2.45) is 0 Å². The van der Waals surface area contributed by atoms with Gasteiger partial charge in [0, 0.05) is 6.54 Å². The standard InChI is InChI=1S/C18H21FN2O2/c1-21(2)17(14-6-4-3-5-7-14)12-20-18(22)13-23-16-10-8-15(19)9-11-16/h3-11,17H,12-13H2,1-2H3,(H,20,22). The predicted molar refractivity (Wildman–Crippen MR) is 87.8 cm³/mol. The molecule has 1 N–H and O–H groups in total. The number of ether oxygens (including phenoxy) is 1. The Morgan fingerprint density at radius 1 is 1.13 bits per heavy atom. The first-order chi connectivity index (χ1) is 11.1. The molecule has 0 fully saturated rings. The van der Waals surface area contributed by atoms with Crippen LogP contribution in [0, 0.1) is 5.82 Å². The molecule has 0 heterocycles. The fourth-order valence-corrected chi connectivity index (χ4v) is 2.21. The summed E-state index contributed by atoms with van der Waals surface area (Å²) in [5.41, 5.74) is 1.14. The second-order valence-electron chi connectivity index (χ2n) is 5.44. The van der Waals surface area contributed by atoms with Gasteiger partial charge in [-0.3, -0.25) is 4.79 Å². The van der Waals surface area contributed by atoms with Crippen molar-refractivity contribution in [1.29, 1.82) is 0 Å². The van der Waals surface area contributed by atoms with Crippen molar-refractivity contribution in [3.05, 3.63) is 66.0 Å². The average Bonchev–Trinajstić information content (AvgIpc) is 2.55. The van der Waals surface area contributed by atoms with E-state index >= 15 is 0 Å². The number of hydrogen-bond acceptors (Lipinski definition) is 3. The van der Waals surface area contributed by atoms with Gasteiger partial charge in [0.2, 0.25) is 0 Å². The zero-order valence-electron chi connectivity index (χ0n) is 13.3. The molecule has 0 spiro atoms. The van der Waals surface area contributed by atoms with Gasteiger partial charge in [0.05, 0.1) is 6.04 Å². The fraction of sp³-hybridized carbons (Fsp3) is 0.278. The Balaban J connectivity index is 1.83. The zero-order valence-corrected chi connectivity index (χ0v) is 13.3. The van der Waals surface area contributed by atoms with Crippen LogP contribution in [0.3, 0.4) is 0 Å². The molecular weight excluding hydrogens is 295 g/mol. The molecule has 0 bridgehead atoms. The molecule has 4 nitrogen and oxygen atoms in total. The molecule has 2 aromatic rings. The summed E-state index contributed by atoms with van der Waals surface area (Å²) in [6, 6.07) is 15.7. The Bertz CT molecular complexity index is 615. The monoisotopic (exact) mass is 316 g/mol. The molecule has 1 unspecified atom stereocenters. The van der Waals surface area contributed by atoms with Crippen LogP contribution in [-0.2, 0) is 4.79 Å². The van der Waals surface area contributed by atoms with Crippen molar-refractivity contribution in [3.63, 3.8) is 0 Å². The Hall–Kier alpha value is -2.40. The van der Waals surface area contributed by atoms with Crippen LogP contribution in [-0.4, -0.2) is 38.1 Å². The highest BCUT2D eigenvalue weighted by molar-refractivity contribution is 5.77. The lowest BCUT2D eigenvalue weighted by Crippen LogP contribution is -2.36. The Labute approximate surface area is 135 Å². The summed E-state index contributed by atoms with van der Waals surface area (Å²) in [6.07, 6.45) is 0. The zero-order chi connectivity index (χ0) is 16.7. The predicted octanol–water partition coefficient (Wildman–Crippen LogP) is 2.62. The molecule has 0 radical (unpaired) electrons. The molecule has 2 aromatic carbocycles. The van der Waals surface area contributed by atoms with Crippen molar-refractivity contribution in [2.75, 3.05) is 27.2 Å². The molecule has 0 aromatic heterocycles. The Morgan fingerprint density at radius 3 is 2.39 bits per heavy atom. The van der Waals surface area contributed by atoms with Gasteiger partial charge in [-0.1, -0.05) is 30.3 Å². The van der Waals surface area contributed by atoms with E-state index in [-0.39, 0.29) is 24.4 Å². The van der Waals surface area contributed by atoms with Crippen LogP contribution in [0.5, 0.6) is 5.75 Å². The second kappa shape index (κ2) is 8.29. The molecule has 2 rings (SSSR count). The summed E-state index contributed by atoms with van der Waals surface area (Å²) in [4.78, 5) is 14.0. The third-order valence-corrected chi connectivity index (χ3v) is 3.48. The largest absolute Gasteiger partial charge is 0.484 e. The van der Waals surface area contributed by atoms with Crippen molar-refractivity contribution in [3.8, 4) is 5.75 Å². The molecule has 122 valence electrons. The molecule has 0 aliphatic heterocycles. The molecule has 0 saturated heterocycles. The maximum atomic E-state index is 12.8. The van der Waals surface area contributed by atoms with Crippen LogP contribution in [0.2, 0.25) is 0 Å². The van der Waals surface area contributed by atoms with E-state index in [1.165, 1.54) is 24.3 Å². The molecule has 0 aliphatic carbocycles. The highest BCUT2D eigenvalue weighted by atomic mass is 19.1. The number of nitrogens with zero attached hydrogens (tertiary/aromatic N) is 1. The maximum Gasteiger partial charge on any atom is 0.258 e.